The van der Waals surface area contributed by atoms with E-state index in [9.17, 15) is 18.0 Å². The van der Waals surface area contributed by atoms with Crippen molar-refractivity contribution in [2.45, 2.75) is 25.4 Å². The van der Waals surface area contributed by atoms with E-state index in [-0.39, 0.29) is 12.2 Å². The number of pyridine rings is 1. The van der Waals surface area contributed by atoms with Crippen LogP contribution in [-0.4, -0.2) is 25.0 Å². The average Bonchev–Trinajstić information content (AvgIpc) is 3.19. The number of nitrogens with two attached hydrogens (primary N) is 1. The van der Waals surface area contributed by atoms with Crippen molar-refractivity contribution in [3.05, 3.63) is 70.6 Å². The molecule has 0 radical (unpaired) electrons. The molecule has 5 nitrogen and oxygen atoms in total. The molecule has 0 fully saturated rings. The zero-order chi connectivity index (χ0) is 25.2. The predicted molar refractivity (Wildman–Crippen MR) is 131 cm³/mol. The fourth-order valence-corrected chi connectivity index (χ4v) is 4.85. The molecule has 0 atom stereocenters. The van der Waals surface area contributed by atoms with Crippen LogP contribution in [0.3, 0.4) is 0 Å². The number of rotatable bonds is 8. The number of nitrogens with zero attached hydrogens (tertiary/aromatic N) is 1. The van der Waals surface area contributed by atoms with Gasteiger partial charge in [0.05, 0.1) is 36.0 Å². The van der Waals surface area contributed by atoms with Crippen molar-refractivity contribution in [1.29, 1.82) is 0 Å². The molecular formula is C26H23F3N2O3S. The van der Waals surface area contributed by atoms with Gasteiger partial charge in [-0.1, -0.05) is 12.1 Å². The number of Topliss-reactive ketones (excluding diaryl/α,β-unsaturated/α-hetero) is 1. The summed E-state index contributed by atoms with van der Waals surface area (Å²) in [6.07, 6.45) is -3.13. The highest BCUT2D eigenvalue weighted by molar-refractivity contribution is 7.21. The van der Waals surface area contributed by atoms with Gasteiger partial charge in [-0.25, -0.2) is 4.98 Å². The Kier molecular flexibility index (Phi) is 6.98. The van der Waals surface area contributed by atoms with Crippen molar-refractivity contribution in [2.75, 3.05) is 20.0 Å². The van der Waals surface area contributed by atoms with E-state index in [0.717, 1.165) is 23.3 Å². The summed E-state index contributed by atoms with van der Waals surface area (Å²) in [4.78, 5) is 18.6. The Labute approximate surface area is 204 Å². The molecule has 9 heteroatoms. The number of ether oxygens (including phenoxy) is 2. The lowest BCUT2D eigenvalue weighted by Gasteiger charge is -2.09. The molecule has 0 unspecified atom stereocenters. The number of ketones is 1. The molecule has 2 heterocycles. The molecule has 2 aromatic heterocycles. The van der Waals surface area contributed by atoms with Gasteiger partial charge in [-0.05, 0) is 60.9 Å². The van der Waals surface area contributed by atoms with Crippen LogP contribution in [0.4, 0.5) is 18.9 Å². The van der Waals surface area contributed by atoms with Crippen LogP contribution in [-0.2, 0) is 12.6 Å². The van der Waals surface area contributed by atoms with Crippen molar-refractivity contribution in [3.63, 3.8) is 0 Å². The molecule has 4 rings (SSSR count). The first kappa shape index (κ1) is 24.5. The van der Waals surface area contributed by atoms with Crippen molar-refractivity contribution < 1.29 is 27.4 Å². The number of alkyl halides is 3. The topological polar surface area (TPSA) is 74.4 Å². The Bertz CT molecular complexity index is 1370. The molecule has 0 aliphatic rings. The maximum Gasteiger partial charge on any atom is 0.416 e. The lowest BCUT2D eigenvalue weighted by Crippen LogP contribution is -2.04. The third-order valence-corrected chi connectivity index (χ3v) is 6.83. The van der Waals surface area contributed by atoms with Gasteiger partial charge in [0.1, 0.15) is 4.83 Å². The second-order valence-electron chi connectivity index (χ2n) is 7.94. The van der Waals surface area contributed by atoms with Gasteiger partial charge in [-0.3, -0.25) is 4.79 Å². The number of methoxy groups -OCH3 is 2. The van der Waals surface area contributed by atoms with Crippen LogP contribution in [0, 0.1) is 0 Å². The van der Waals surface area contributed by atoms with Crippen molar-refractivity contribution in [3.8, 4) is 22.8 Å². The van der Waals surface area contributed by atoms with Crippen molar-refractivity contribution in [2.24, 2.45) is 0 Å². The summed E-state index contributed by atoms with van der Waals surface area (Å²) in [6, 6.07) is 14.2. The van der Waals surface area contributed by atoms with Crippen molar-refractivity contribution >= 4 is 33.0 Å². The lowest BCUT2D eigenvalue weighted by atomic mass is 10.0. The third kappa shape index (κ3) is 5.24. The van der Waals surface area contributed by atoms with Gasteiger partial charge in [0.2, 0.25) is 0 Å². The van der Waals surface area contributed by atoms with E-state index >= 15 is 0 Å². The number of carbonyl (C=O) groups excluding carboxylic acids is 1. The smallest absolute Gasteiger partial charge is 0.416 e. The van der Waals surface area contributed by atoms with E-state index < -0.39 is 11.7 Å². The molecule has 0 saturated heterocycles. The number of hydrogen-bond donors (Lipinski definition) is 1. The maximum atomic E-state index is 12.8. The van der Waals surface area contributed by atoms with Crippen LogP contribution in [0.2, 0.25) is 0 Å². The van der Waals surface area contributed by atoms with Gasteiger partial charge >= 0.3 is 6.18 Å². The predicted octanol–water partition coefficient (Wildman–Crippen LogP) is 6.79. The Hall–Kier alpha value is -3.59. The summed E-state index contributed by atoms with van der Waals surface area (Å²) < 4.78 is 48.8. The second-order valence-corrected chi connectivity index (χ2v) is 8.93. The van der Waals surface area contributed by atoms with Crippen LogP contribution in [0.1, 0.15) is 33.6 Å². The molecule has 182 valence electrons. The summed E-state index contributed by atoms with van der Waals surface area (Å²) in [7, 11) is 3.13. The lowest BCUT2D eigenvalue weighted by molar-refractivity contribution is -0.137. The van der Waals surface area contributed by atoms with Crippen LogP contribution >= 0.6 is 11.3 Å². The van der Waals surface area contributed by atoms with Gasteiger partial charge in [0.15, 0.2) is 17.3 Å². The number of hydrogen-bond acceptors (Lipinski definition) is 6. The molecule has 35 heavy (non-hydrogen) atoms. The quantitative estimate of drug-likeness (QED) is 0.270. The first-order valence-corrected chi connectivity index (χ1v) is 11.6. The Morgan fingerprint density at radius 3 is 2.37 bits per heavy atom. The molecule has 4 aromatic rings. The van der Waals surface area contributed by atoms with Crippen LogP contribution < -0.4 is 15.2 Å². The summed E-state index contributed by atoms with van der Waals surface area (Å²) >= 11 is 1.24. The zero-order valence-electron chi connectivity index (χ0n) is 19.1. The number of anilines is 1. The summed E-state index contributed by atoms with van der Waals surface area (Å²) in [6.45, 7) is 0. The van der Waals surface area contributed by atoms with E-state index in [2.05, 4.69) is 0 Å². The minimum Gasteiger partial charge on any atom is -0.493 e. The Morgan fingerprint density at radius 2 is 1.71 bits per heavy atom. The van der Waals surface area contributed by atoms with Crippen LogP contribution in [0.5, 0.6) is 11.5 Å². The number of benzene rings is 2. The van der Waals surface area contributed by atoms with E-state index in [4.69, 9.17) is 20.2 Å². The number of halogens is 3. The average molecular weight is 501 g/mol. The first-order chi connectivity index (χ1) is 16.7. The monoisotopic (exact) mass is 500 g/mol. The van der Waals surface area contributed by atoms with Crippen LogP contribution in [0.15, 0.2) is 54.6 Å². The molecule has 0 aliphatic carbocycles. The Morgan fingerprint density at radius 1 is 1.00 bits per heavy atom. The van der Waals surface area contributed by atoms with Gasteiger partial charge in [-0.2, -0.15) is 13.2 Å². The summed E-state index contributed by atoms with van der Waals surface area (Å²) in [5, 5.41) is 0.713. The zero-order valence-corrected chi connectivity index (χ0v) is 19.9. The molecule has 2 aromatic carbocycles. The van der Waals surface area contributed by atoms with Gasteiger partial charge in [-0.15, -0.1) is 11.3 Å². The SMILES string of the molecule is COc1ccc(-c2ccc3c(N)c(C(=O)CCCc4ccc(C(F)(F)F)cc4)sc3n2)cc1OC. The number of fused-ring (bicyclic) bond motifs is 1. The normalized spacial score (nSPS) is 11.6. The molecule has 0 aliphatic heterocycles. The minimum atomic E-state index is -4.36. The number of aromatic nitrogens is 1. The molecule has 0 bridgehead atoms. The van der Waals surface area contributed by atoms with E-state index in [1.807, 2.05) is 24.3 Å². The number of carbonyl (C=O) groups is 1. The number of thiophene rings is 1. The first-order valence-electron chi connectivity index (χ1n) is 10.8. The second kappa shape index (κ2) is 9.95. The minimum absolute atomic E-state index is 0.106. The molecule has 0 saturated carbocycles. The van der Waals surface area contributed by atoms with Crippen molar-refractivity contribution in [1.82, 2.24) is 4.98 Å². The third-order valence-electron chi connectivity index (χ3n) is 5.68. The molecule has 0 spiro atoms. The summed E-state index contributed by atoms with van der Waals surface area (Å²) in [5.74, 6) is 1.09. The molecule has 0 amide bonds. The number of nitrogen functional groups attached to an aromatic ring is 1. The standard InChI is InChI=1S/C26H23F3N2O3S/c1-33-21-13-8-16(14-22(21)34-2)19-12-11-18-23(30)24(35-25(18)31-19)20(32)5-3-4-15-6-9-17(10-7-15)26(27,28)29/h6-14H,3-5,30H2,1-2H3. The largest absolute Gasteiger partial charge is 0.493 e. The van der Waals surface area contributed by atoms with Gasteiger partial charge in [0.25, 0.3) is 0 Å². The maximum absolute atomic E-state index is 12.8. The van der Waals surface area contributed by atoms with E-state index in [0.29, 0.717) is 50.8 Å². The highest BCUT2D eigenvalue weighted by atomic mass is 32.1. The highest BCUT2D eigenvalue weighted by Crippen LogP contribution is 2.37. The highest BCUT2D eigenvalue weighted by Gasteiger charge is 2.29. The fraction of sp³-hybridized carbons (Fsp3) is 0.231. The fourth-order valence-electron chi connectivity index (χ4n) is 3.79. The number of aryl methyl sites for hydroxylation is 1. The van der Waals surface area contributed by atoms with Gasteiger partial charge in [0, 0.05) is 17.4 Å². The Balaban J connectivity index is 1.48. The molecular weight excluding hydrogens is 477 g/mol. The van der Waals surface area contributed by atoms with E-state index in [1.165, 1.54) is 23.5 Å². The van der Waals surface area contributed by atoms with Gasteiger partial charge < -0.3 is 15.2 Å². The van der Waals surface area contributed by atoms with E-state index in [1.54, 1.807) is 20.3 Å². The molecule has 2 N–H and O–H groups in total. The van der Waals surface area contributed by atoms with Crippen LogP contribution in [0.25, 0.3) is 21.5 Å². The summed E-state index contributed by atoms with van der Waals surface area (Å²) in [5.41, 5.74) is 8.26.